The fourth-order valence-electron chi connectivity index (χ4n) is 4.26. The number of hydrogen-bond donors (Lipinski definition) is 1. The number of carbonyl (C=O) groups is 2. The molecule has 9 heteroatoms. The third kappa shape index (κ3) is 4.55. The van der Waals surface area contributed by atoms with Crippen molar-refractivity contribution in [3.8, 4) is 11.5 Å². The first-order chi connectivity index (χ1) is 16.1. The Bertz CT molecular complexity index is 1050. The SMILES string of the molecule is COc1ccc(C2=C(N3CCN(CCO)CC3)C(=O)N(Cc3ccncc3)C2=O)cc1OC. The number of rotatable bonds is 8. The van der Waals surface area contributed by atoms with Gasteiger partial charge in [0.25, 0.3) is 11.8 Å². The number of aromatic nitrogens is 1. The van der Waals surface area contributed by atoms with Crippen LogP contribution in [0.4, 0.5) is 0 Å². The summed E-state index contributed by atoms with van der Waals surface area (Å²) in [7, 11) is 3.09. The molecule has 2 amide bonds. The van der Waals surface area contributed by atoms with E-state index >= 15 is 0 Å². The van der Waals surface area contributed by atoms with Gasteiger partial charge < -0.3 is 19.5 Å². The van der Waals surface area contributed by atoms with Crippen LogP contribution in [-0.4, -0.2) is 90.2 Å². The van der Waals surface area contributed by atoms with E-state index < -0.39 is 0 Å². The first-order valence-electron chi connectivity index (χ1n) is 10.9. The molecule has 33 heavy (non-hydrogen) atoms. The first kappa shape index (κ1) is 22.8. The number of ether oxygens (including phenoxy) is 2. The van der Waals surface area contributed by atoms with Gasteiger partial charge in [-0.3, -0.25) is 24.4 Å². The lowest BCUT2D eigenvalue weighted by Gasteiger charge is -2.36. The third-order valence-corrected chi connectivity index (χ3v) is 6.01. The van der Waals surface area contributed by atoms with Crippen molar-refractivity contribution < 1.29 is 24.2 Å². The van der Waals surface area contributed by atoms with Gasteiger partial charge in [0, 0.05) is 45.1 Å². The molecule has 0 atom stereocenters. The van der Waals surface area contributed by atoms with Crippen LogP contribution >= 0.6 is 0 Å². The van der Waals surface area contributed by atoms with Crippen molar-refractivity contribution in [1.82, 2.24) is 19.7 Å². The molecule has 1 N–H and O–H groups in total. The van der Waals surface area contributed by atoms with E-state index in [2.05, 4.69) is 9.88 Å². The standard InChI is InChI=1S/C24H28N4O5/c1-32-19-4-3-18(15-20(19)33-2)21-22(27-11-9-26(10-12-27)13-14-29)24(31)28(23(21)30)16-17-5-7-25-8-6-17/h3-8,15,29H,9-14,16H2,1-2H3. The number of carbonyl (C=O) groups excluding carboxylic acids is 2. The van der Waals surface area contributed by atoms with Crippen LogP contribution in [0, 0.1) is 0 Å². The van der Waals surface area contributed by atoms with Crippen LogP contribution in [0.15, 0.2) is 48.4 Å². The van der Waals surface area contributed by atoms with Crippen LogP contribution in [0.3, 0.4) is 0 Å². The number of methoxy groups -OCH3 is 2. The fraction of sp³-hybridized carbons (Fsp3) is 0.375. The van der Waals surface area contributed by atoms with E-state index in [9.17, 15) is 14.7 Å². The summed E-state index contributed by atoms with van der Waals surface area (Å²) in [6.45, 7) is 3.45. The van der Waals surface area contributed by atoms with Crippen LogP contribution in [-0.2, 0) is 16.1 Å². The van der Waals surface area contributed by atoms with Gasteiger partial charge in [-0.15, -0.1) is 0 Å². The molecule has 4 rings (SSSR count). The molecule has 9 nitrogen and oxygen atoms in total. The summed E-state index contributed by atoms with van der Waals surface area (Å²) in [6.07, 6.45) is 3.29. The largest absolute Gasteiger partial charge is 0.493 e. The number of aliphatic hydroxyl groups is 1. The Kier molecular flexibility index (Phi) is 6.90. The van der Waals surface area contributed by atoms with Crippen molar-refractivity contribution in [1.29, 1.82) is 0 Å². The highest BCUT2D eigenvalue weighted by Crippen LogP contribution is 2.37. The zero-order valence-corrected chi connectivity index (χ0v) is 18.9. The average Bonchev–Trinajstić information content (AvgIpc) is 3.09. The lowest BCUT2D eigenvalue weighted by molar-refractivity contribution is -0.138. The molecule has 3 heterocycles. The summed E-state index contributed by atoms with van der Waals surface area (Å²) >= 11 is 0. The van der Waals surface area contributed by atoms with Gasteiger partial charge in [-0.2, -0.15) is 0 Å². The van der Waals surface area contributed by atoms with E-state index in [1.165, 1.54) is 12.0 Å². The van der Waals surface area contributed by atoms with Gasteiger partial charge in [-0.05, 0) is 35.4 Å². The summed E-state index contributed by atoms with van der Waals surface area (Å²) in [5.74, 6) is 0.392. The zero-order chi connectivity index (χ0) is 23.4. The molecule has 2 aliphatic rings. The second-order valence-electron chi connectivity index (χ2n) is 7.90. The van der Waals surface area contributed by atoms with Crippen molar-refractivity contribution in [3.63, 3.8) is 0 Å². The van der Waals surface area contributed by atoms with Crippen LogP contribution in [0.2, 0.25) is 0 Å². The predicted octanol–water partition coefficient (Wildman–Crippen LogP) is 0.989. The van der Waals surface area contributed by atoms with Crippen LogP contribution < -0.4 is 9.47 Å². The van der Waals surface area contributed by atoms with Crippen molar-refractivity contribution in [3.05, 3.63) is 59.5 Å². The zero-order valence-electron chi connectivity index (χ0n) is 18.9. The normalized spacial score (nSPS) is 17.2. The second kappa shape index (κ2) is 10.0. The number of aliphatic hydroxyl groups excluding tert-OH is 1. The van der Waals surface area contributed by atoms with Gasteiger partial charge in [0.2, 0.25) is 0 Å². The number of amides is 2. The van der Waals surface area contributed by atoms with E-state index in [4.69, 9.17) is 9.47 Å². The molecule has 2 aliphatic heterocycles. The highest BCUT2D eigenvalue weighted by Gasteiger charge is 2.42. The van der Waals surface area contributed by atoms with Crippen molar-refractivity contribution >= 4 is 17.4 Å². The molecule has 174 valence electrons. The highest BCUT2D eigenvalue weighted by atomic mass is 16.5. The van der Waals surface area contributed by atoms with Crippen LogP contribution in [0.25, 0.3) is 5.57 Å². The minimum Gasteiger partial charge on any atom is -0.493 e. The van der Waals surface area contributed by atoms with E-state index in [1.807, 2.05) is 4.90 Å². The smallest absolute Gasteiger partial charge is 0.278 e. The molecule has 1 fully saturated rings. The number of piperazine rings is 1. The van der Waals surface area contributed by atoms with Crippen molar-refractivity contribution in [2.45, 2.75) is 6.54 Å². The lowest BCUT2D eigenvalue weighted by Crippen LogP contribution is -2.48. The summed E-state index contributed by atoms with van der Waals surface area (Å²) in [5.41, 5.74) is 2.21. The highest BCUT2D eigenvalue weighted by molar-refractivity contribution is 6.35. The topological polar surface area (TPSA) is 95.4 Å². The second-order valence-corrected chi connectivity index (χ2v) is 7.90. The van der Waals surface area contributed by atoms with Crippen molar-refractivity contribution in [2.75, 3.05) is 53.6 Å². The maximum absolute atomic E-state index is 13.6. The summed E-state index contributed by atoms with van der Waals surface area (Å²) < 4.78 is 10.8. The third-order valence-electron chi connectivity index (χ3n) is 6.01. The number of benzene rings is 1. The minimum absolute atomic E-state index is 0.0940. The van der Waals surface area contributed by atoms with Gasteiger partial charge in [-0.25, -0.2) is 0 Å². The molecule has 0 saturated carbocycles. The summed E-state index contributed by atoms with van der Waals surface area (Å²) in [5, 5.41) is 9.23. The molecule has 0 unspecified atom stereocenters. The molecule has 0 radical (unpaired) electrons. The maximum Gasteiger partial charge on any atom is 0.278 e. The van der Waals surface area contributed by atoms with Gasteiger partial charge in [-0.1, -0.05) is 6.07 Å². The molecule has 2 aromatic rings. The number of imide groups is 1. The molecule has 1 aromatic heterocycles. The molecular formula is C24H28N4O5. The van der Waals surface area contributed by atoms with E-state index in [0.29, 0.717) is 61.1 Å². The Hall–Kier alpha value is -3.43. The van der Waals surface area contributed by atoms with Crippen molar-refractivity contribution in [2.24, 2.45) is 0 Å². The lowest BCUT2D eigenvalue weighted by atomic mass is 10.0. The number of hydrogen-bond acceptors (Lipinski definition) is 8. The molecule has 0 spiro atoms. The Labute approximate surface area is 192 Å². The van der Waals surface area contributed by atoms with E-state index in [0.717, 1.165) is 5.56 Å². The molecule has 1 saturated heterocycles. The van der Waals surface area contributed by atoms with Gasteiger partial charge in [0.15, 0.2) is 11.5 Å². The van der Waals surface area contributed by atoms with Crippen LogP contribution in [0.5, 0.6) is 11.5 Å². The van der Waals surface area contributed by atoms with E-state index in [1.54, 1.807) is 49.8 Å². The maximum atomic E-state index is 13.6. The van der Waals surface area contributed by atoms with E-state index in [-0.39, 0.29) is 25.0 Å². The monoisotopic (exact) mass is 452 g/mol. The summed E-state index contributed by atoms with van der Waals surface area (Å²) in [4.78, 5) is 36.6. The molecular weight excluding hydrogens is 424 g/mol. The Morgan fingerprint density at radius 3 is 2.27 bits per heavy atom. The predicted molar refractivity (Wildman–Crippen MR) is 121 cm³/mol. The Morgan fingerprint density at radius 2 is 1.64 bits per heavy atom. The molecule has 0 bridgehead atoms. The molecule has 1 aromatic carbocycles. The Balaban J connectivity index is 1.72. The number of nitrogens with zero attached hydrogens (tertiary/aromatic N) is 4. The minimum atomic E-state index is -0.336. The summed E-state index contributed by atoms with van der Waals surface area (Å²) in [6, 6.07) is 8.84. The Morgan fingerprint density at radius 1 is 0.939 bits per heavy atom. The van der Waals surface area contributed by atoms with Gasteiger partial charge in [0.05, 0.1) is 32.9 Å². The van der Waals surface area contributed by atoms with Gasteiger partial charge in [0.1, 0.15) is 5.70 Å². The number of pyridine rings is 1. The fourth-order valence-corrected chi connectivity index (χ4v) is 4.26. The quantitative estimate of drug-likeness (QED) is 0.593. The molecule has 0 aliphatic carbocycles. The average molecular weight is 453 g/mol. The van der Waals surface area contributed by atoms with Gasteiger partial charge >= 0.3 is 0 Å². The van der Waals surface area contributed by atoms with Crippen LogP contribution in [0.1, 0.15) is 11.1 Å². The first-order valence-corrected chi connectivity index (χ1v) is 10.9. The number of β-amino-alcohol motifs (C(OH)–C–C–N with tert-alkyl or cyclic N) is 1.